The van der Waals surface area contributed by atoms with Crippen molar-refractivity contribution in [1.29, 1.82) is 0 Å². The summed E-state index contributed by atoms with van der Waals surface area (Å²) in [6.45, 7) is -0.151. The quantitative estimate of drug-likeness (QED) is 0.533. The van der Waals surface area contributed by atoms with E-state index < -0.39 is 17.4 Å². The second kappa shape index (κ2) is 8.45. The van der Waals surface area contributed by atoms with E-state index in [-0.39, 0.29) is 18.8 Å². The summed E-state index contributed by atoms with van der Waals surface area (Å²) in [6, 6.07) is 11.9. The summed E-state index contributed by atoms with van der Waals surface area (Å²) in [5.74, 6) is -0.901. The maximum atomic E-state index is 12.2. The van der Waals surface area contributed by atoms with Gasteiger partial charge in [0.1, 0.15) is 11.5 Å². The molecule has 1 aromatic carbocycles. The lowest BCUT2D eigenvalue weighted by molar-refractivity contribution is -0.139. The Bertz CT molecular complexity index is 884. The average Bonchev–Trinajstić information content (AvgIpc) is 3.44. The Morgan fingerprint density at radius 1 is 1.07 bits per heavy atom. The first-order chi connectivity index (χ1) is 13.5. The van der Waals surface area contributed by atoms with Crippen LogP contribution in [-0.4, -0.2) is 30.6 Å². The number of ether oxygens (including phenoxy) is 1. The van der Waals surface area contributed by atoms with Gasteiger partial charge in [-0.3, -0.25) is 9.59 Å². The van der Waals surface area contributed by atoms with Gasteiger partial charge in [0.15, 0.2) is 5.60 Å². The molecule has 28 heavy (non-hydrogen) atoms. The van der Waals surface area contributed by atoms with Gasteiger partial charge in [0.25, 0.3) is 0 Å². The molecule has 0 fully saturated rings. The predicted octanol–water partition coefficient (Wildman–Crippen LogP) is 1.55. The molecule has 0 radical (unpaired) electrons. The minimum absolute atomic E-state index is 0.125. The van der Waals surface area contributed by atoms with E-state index in [1.807, 2.05) is 6.07 Å². The van der Waals surface area contributed by atoms with Gasteiger partial charge in [-0.1, -0.05) is 18.2 Å². The summed E-state index contributed by atoms with van der Waals surface area (Å²) < 4.78 is 15.5. The molecular weight excluding hydrogens is 364 g/mol. The summed E-state index contributed by atoms with van der Waals surface area (Å²) in [5, 5.41) is 16.0. The number of carbonyl (C=O) groups excluding carboxylic acids is 2. The van der Waals surface area contributed by atoms with Gasteiger partial charge in [-0.2, -0.15) is 0 Å². The van der Waals surface area contributed by atoms with Gasteiger partial charge in [-0.25, -0.2) is 0 Å². The van der Waals surface area contributed by atoms with Crippen molar-refractivity contribution in [2.24, 2.45) is 0 Å². The van der Waals surface area contributed by atoms with Gasteiger partial charge >= 0.3 is 11.8 Å². The predicted molar refractivity (Wildman–Crippen MR) is 98.3 cm³/mol. The van der Waals surface area contributed by atoms with Crippen LogP contribution in [0.25, 0.3) is 0 Å². The molecule has 8 nitrogen and oxygen atoms in total. The number of rotatable bonds is 7. The van der Waals surface area contributed by atoms with E-state index in [4.69, 9.17) is 13.6 Å². The van der Waals surface area contributed by atoms with Crippen LogP contribution in [0.4, 0.5) is 0 Å². The topological polar surface area (TPSA) is 114 Å². The molecule has 2 amide bonds. The lowest BCUT2D eigenvalue weighted by atomic mass is 9.93. The van der Waals surface area contributed by atoms with E-state index in [2.05, 4.69) is 10.6 Å². The van der Waals surface area contributed by atoms with E-state index >= 15 is 0 Å². The van der Waals surface area contributed by atoms with Crippen molar-refractivity contribution in [2.75, 3.05) is 13.7 Å². The van der Waals surface area contributed by atoms with Crippen LogP contribution in [0.5, 0.6) is 5.75 Å². The first kappa shape index (κ1) is 19.2. The summed E-state index contributed by atoms with van der Waals surface area (Å²) in [5.41, 5.74) is -0.552. The van der Waals surface area contributed by atoms with E-state index in [0.29, 0.717) is 11.3 Å². The molecule has 0 spiro atoms. The fourth-order valence-electron chi connectivity index (χ4n) is 2.74. The number of carbonyl (C=O) groups is 2. The first-order valence-electron chi connectivity index (χ1n) is 8.51. The van der Waals surface area contributed by atoms with Crippen LogP contribution in [0.3, 0.4) is 0 Å². The summed E-state index contributed by atoms with van der Waals surface area (Å²) in [4.78, 5) is 24.3. The Hall–Kier alpha value is -3.52. The highest BCUT2D eigenvalue weighted by atomic mass is 16.5. The maximum Gasteiger partial charge on any atom is 0.309 e. The van der Waals surface area contributed by atoms with E-state index in [9.17, 15) is 14.7 Å². The number of furan rings is 2. The molecule has 0 saturated heterocycles. The van der Waals surface area contributed by atoms with Crippen LogP contribution in [0.15, 0.2) is 70.1 Å². The number of nitrogens with one attached hydrogen (secondary N) is 2. The molecule has 8 heteroatoms. The van der Waals surface area contributed by atoms with E-state index in [0.717, 1.165) is 5.56 Å². The van der Waals surface area contributed by atoms with Crippen LogP contribution >= 0.6 is 0 Å². The Labute approximate surface area is 161 Å². The van der Waals surface area contributed by atoms with Gasteiger partial charge in [-0.05, 0) is 24.3 Å². The molecule has 2 heterocycles. The second-order valence-electron chi connectivity index (χ2n) is 6.03. The highest BCUT2D eigenvalue weighted by molar-refractivity contribution is 6.35. The largest absolute Gasteiger partial charge is 0.496 e. The number of amides is 2. The SMILES string of the molecule is COc1ccccc1CNC(=O)C(=O)NC[C@](O)(c1ccoc1)c1ccco1. The highest BCUT2D eigenvalue weighted by Gasteiger charge is 2.36. The number of benzene rings is 1. The van der Waals surface area contributed by atoms with Crippen LogP contribution in [-0.2, 0) is 21.7 Å². The molecular formula is C20H20N2O6. The monoisotopic (exact) mass is 384 g/mol. The maximum absolute atomic E-state index is 12.2. The molecule has 146 valence electrons. The molecule has 3 rings (SSSR count). The first-order valence-corrected chi connectivity index (χ1v) is 8.51. The van der Waals surface area contributed by atoms with Crippen molar-refractivity contribution in [3.63, 3.8) is 0 Å². The van der Waals surface area contributed by atoms with Crippen molar-refractivity contribution >= 4 is 11.8 Å². The molecule has 0 bridgehead atoms. The van der Waals surface area contributed by atoms with Gasteiger partial charge in [0.05, 0.1) is 32.4 Å². The van der Waals surface area contributed by atoms with Crippen molar-refractivity contribution in [3.05, 3.63) is 78.1 Å². The smallest absolute Gasteiger partial charge is 0.309 e. The highest BCUT2D eigenvalue weighted by Crippen LogP contribution is 2.29. The van der Waals surface area contributed by atoms with Gasteiger partial charge in [0.2, 0.25) is 0 Å². The van der Waals surface area contributed by atoms with Crippen molar-refractivity contribution in [3.8, 4) is 5.75 Å². The lowest BCUT2D eigenvalue weighted by Gasteiger charge is -2.25. The number of para-hydroxylation sites is 1. The Morgan fingerprint density at radius 3 is 2.54 bits per heavy atom. The summed E-state index contributed by atoms with van der Waals surface area (Å²) >= 11 is 0. The molecule has 3 N–H and O–H groups in total. The lowest BCUT2D eigenvalue weighted by Crippen LogP contribution is -2.46. The number of methoxy groups -OCH3 is 1. The fraction of sp³-hybridized carbons (Fsp3) is 0.200. The summed E-state index contributed by atoms with van der Waals surface area (Å²) in [7, 11) is 1.53. The molecule has 0 aliphatic carbocycles. The molecule has 0 saturated carbocycles. The van der Waals surface area contributed by atoms with Crippen molar-refractivity contribution < 1.29 is 28.3 Å². The Balaban J connectivity index is 1.62. The minimum Gasteiger partial charge on any atom is -0.496 e. The van der Waals surface area contributed by atoms with Crippen molar-refractivity contribution in [1.82, 2.24) is 10.6 Å². The zero-order valence-electron chi connectivity index (χ0n) is 15.2. The normalized spacial score (nSPS) is 12.8. The van der Waals surface area contributed by atoms with Crippen LogP contribution in [0.2, 0.25) is 0 Å². The van der Waals surface area contributed by atoms with Crippen LogP contribution in [0.1, 0.15) is 16.9 Å². The number of aliphatic hydroxyl groups is 1. The molecule has 2 aromatic heterocycles. The fourth-order valence-corrected chi connectivity index (χ4v) is 2.74. The van der Waals surface area contributed by atoms with E-state index in [1.165, 1.54) is 25.9 Å². The third kappa shape index (κ3) is 4.07. The molecule has 3 aromatic rings. The van der Waals surface area contributed by atoms with Crippen molar-refractivity contribution in [2.45, 2.75) is 12.1 Å². The van der Waals surface area contributed by atoms with Crippen LogP contribution in [0, 0.1) is 0 Å². The van der Waals surface area contributed by atoms with Gasteiger partial charge < -0.3 is 29.3 Å². The number of hydrogen-bond donors (Lipinski definition) is 3. The molecule has 0 aliphatic heterocycles. The molecule has 1 atom stereocenters. The molecule has 0 unspecified atom stereocenters. The second-order valence-corrected chi connectivity index (χ2v) is 6.03. The van der Waals surface area contributed by atoms with E-state index in [1.54, 1.807) is 36.4 Å². The van der Waals surface area contributed by atoms with Crippen LogP contribution < -0.4 is 15.4 Å². The number of hydrogen-bond acceptors (Lipinski definition) is 6. The standard InChI is InChI=1S/C20H20N2O6/c1-26-16-6-3-2-5-14(16)11-21-18(23)19(24)22-13-20(25,15-8-10-27-12-15)17-7-4-9-28-17/h2-10,12,25H,11,13H2,1H3,(H,21,23)(H,22,24)/t20-/m0/s1. The molecule has 0 aliphatic rings. The Morgan fingerprint density at radius 2 is 1.86 bits per heavy atom. The average molecular weight is 384 g/mol. The zero-order chi connectivity index (χ0) is 20.0. The van der Waals surface area contributed by atoms with Gasteiger partial charge in [0, 0.05) is 17.7 Å². The van der Waals surface area contributed by atoms with Gasteiger partial charge in [-0.15, -0.1) is 0 Å². The minimum atomic E-state index is -1.67. The third-order valence-corrected chi connectivity index (χ3v) is 4.27. The zero-order valence-corrected chi connectivity index (χ0v) is 15.2. The summed E-state index contributed by atoms with van der Waals surface area (Å²) in [6.07, 6.45) is 4.14. The third-order valence-electron chi connectivity index (χ3n) is 4.27. The Kier molecular flexibility index (Phi) is 5.81.